The Balaban J connectivity index is 1.47. The third-order valence-corrected chi connectivity index (χ3v) is 8.08. The van der Waals surface area contributed by atoms with Gasteiger partial charge in [-0.3, -0.25) is 9.10 Å². The van der Waals surface area contributed by atoms with Gasteiger partial charge in [0, 0.05) is 23.2 Å². The van der Waals surface area contributed by atoms with Gasteiger partial charge in [0.2, 0.25) is 15.9 Å². The summed E-state index contributed by atoms with van der Waals surface area (Å²) in [5.74, 6) is -0.00408. The number of rotatable bonds is 6. The van der Waals surface area contributed by atoms with Crippen LogP contribution < -0.4 is 9.62 Å². The molecule has 0 radical (unpaired) electrons. The number of sulfonamides is 1. The average molecular weight is 456 g/mol. The number of aromatic nitrogens is 1. The lowest BCUT2D eigenvalue weighted by atomic mass is 10.1. The predicted octanol–water partition coefficient (Wildman–Crippen LogP) is 4.32. The molecule has 0 spiro atoms. The molecule has 0 fully saturated rings. The number of amides is 1. The zero-order valence-electron chi connectivity index (χ0n) is 17.8. The van der Waals surface area contributed by atoms with E-state index in [4.69, 9.17) is 0 Å². The predicted molar refractivity (Wildman–Crippen MR) is 126 cm³/mol. The summed E-state index contributed by atoms with van der Waals surface area (Å²) in [6.07, 6.45) is 0.906. The Morgan fingerprint density at radius 1 is 1.19 bits per heavy atom. The molecule has 1 aliphatic rings. The van der Waals surface area contributed by atoms with Crippen LogP contribution in [0.1, 0.15) is 28.6 Å². The second kappa shape index (κ2) is 8.43. The monoisotopic (exact) mass is 455 g/mol. The molecule has 2 heterocycles. The van der Waals surface area contributed by atoms with Crippen molar-refractivity contribution < 1.29 is 13.2 Å². The quantitative estimate of drug-likeness (QED) is 0.600. The highest BCUT2D eigenvalue weighted by Gasteiger charge is 2.28. The number of benzene rings is 2. The van der Waals surface area contributed by atoms with E-state index in [1.54, 1.807) is 6.92 Å². The van der Waals surface area contributed by atoms with Gasteiger partial charge in [-0.2, -0.15) is 0 Å². The van der Waals surface area contributed by atoms with E-state index in [1.807, 2.05) is 55.6 Å². The molecule has 8 heteroatoms. The summed E-state index contributed by atoms with van der Waals surface area (Å²) in [7, 11) is -3.25. The zero-order chi connectivity index (χ0) is 22.2. The lowest BCUT2D eigenvalue weighted by Crippen LogP contribution is -2.30. The van der Waals surface area contributed by atoms with Crippen LogP contribution in [0.2, 0.25) is 0 Å². The van der Waals surface area contributed by atoms with Crippen molar-refractivity contribution in [3.63, 3.8) is 0 Å². The average Bonchev–Trinajstić information content (AvgIpc) is 3.37. The zero-order valence-corrected chi connectivity index (χ0v) is 19.4. The van der Waals surface area contributed by atoms with E-state index < -0.39 is 10.0 Å². The van der Waals surface area contributed by atoms with Gasteiger partial charge in [-0.1, -0.05) is 23.8 Å². The van der Waals surface area contributed by atoms with Gasteiger partial charge in [-0.15, -0.1) is 11.3 Å². The summed E-state index contributed by atoms with van der Waals surface area (Å²) in [5, 5.41) is 5.64. The van der Waals surface area contributed by atoms with Crippen LogP contribution in [0, 0.1) is 13.8 Å². The maximum Gasteiger partial charge on any atom is 0.234 e. The van der Waals surface area contributed by atoms with E-state index >= 15 is 0 Å². The molecule has 31 heavy (non-hydrogen) atoms. The fraction of sp³-hybridized carbons (Fsp3) is 0.304. The standard InChI is InChI=1S/C23H25N3O3S2/c1-4-31(28,29)26-10-9-18-12-17(6-8-21(18)26)20-14-30-23(25-20)13-22(27)24-19-7-5-15(2)11-16(19)3/h5-8,11-12,14H,4,9-10,13H2,1-3H3,(H,24,27). The number of carbonyl (C=O) groups is 1. The first-order chi connectivity index (χ1) is 14.8. The number of aryl methyl sites for hydroxylation is 2. The van der Waals surface area contributed by atoms with Gasteiger partial charge in [0.1, 0.15) is 5.01 Å². The molecule has 0 saturated heterocycles. The van der Waals surface area contributed by atoms with Crippen molar-refractivity contribution in [1.82, 2.24) is 4.98 Å². The van der Waals surface area contributed by atoms with Crippen LogP contribution in [0.5, 0.6) is 0 Å². The molecule has 0 saturated carbocycles. The highest BCUT2D eigenvalue weighted by molar-refractivity contribution is 7.92. The van der Waals surface area contributed by atoms with Crippen molar-refractivity contribution in [1.29, 1.82) is 0 Å². The maximum atomic E-state index is 12.5. The Bertz CT molecular complexity index is 1250. The van der Waals surface area contributed by atoms with E-state index in [1.165, 1.54) is 15.6 Å². The second-order valence-corrected chi connectivity index (χ2v) is 10.9. The Morgan fingerprint density at radius 3 is 2.74 bits per heavy atom. The molecule has 2 aromatic carbocycles. The minimum Gasteiger partial charge on any atom is -0.325 e. The van der Waals surface area contributed by atoms with Gasteiger partial charge in [-0.25, -0.2) is 13.4 Å². The Kier molecular flexibility index (Phi) is 5.85. The number of nitrogens with one attached hydrogen (secondary N) is 1. The summed E-state index contributed by atoms with van der Waals surface area (Å²) < 4.78 is 26.0. The number of hydrogen-bond donors (Lipinski definition) is 1. The van der Waals surface area contributed by atoms with Crippen LogP contribution in [0.15, 0.2) is 41.8 Å². The van der Waals surface area contributed by atoms with E-state index in [0.717, 1.165) is 44.3 Å². The normalized spacial score (nSPS) is 13.3. The smallest absolute Gasteiger partial charge is 0.234 e. The summed E-state index contributed by atoms with van der Waals surface area (Å²) >= 11 is 1.45. The number of nitrogens with zero attached hydrogens (tertiary/aromatic N) is 2. The van der Waals surface area contributed by atoms with Crippen molar-refractivity contribution in [3.05, 3.63) is 63.5 Å². The molecular formula is C23H25N3O3S2. The summed E-state index contributed by atoms with van der Waals surface area (Å²) in [6.45, 7) is 6.14. The Morgan fingerprint density at radius 2 is 2.00 bits per heavy atom. The van der Waals surface area contributed by atoms with Crippen molar-refractivity contribution in [2.45, 2.75) is 33.6 Å². The molecule has 0 unspecified atom stereocenters. The van der Waals surface area contributed by atoms with Crippen LogP contribution in [-0.4, -0.2) is 31.6 Å². The molecule has 0 aliphatic carbocycles. The van der Waals surface area contributed by atoms with Gasteiger partial charge in [0.25, 0.3) is 0 Å². The molecule has 3 aromatic rings. The van der Waals surface area contributed by atoms with Gasteiger partial charge >= 0.3 is 0 Å². The highest BCUT2D eigenvalue weighted by Crippen LogP contribution is 2.34. The molecular weight excluding hydrogens is 430 g/mol. The molecule has 1 N–H and O–H groups in total. The van der Waals surface area contributed by atoms with Crippen molar-refractivity contribution in [3.8, 4) is 11.3 Å². The van der Waals surface area contributed by atoms with Crippen LogP contribution in [0.4, 0.5) is 11.4 Å². The topological polar surface area (TPSA) is 79.4 Å². The van der Waals surface area contributed by atoms with Gasteiger partial charge in [0.15, 0.2) is 0 Å². The Labute approximate surface area is 187 Å². The molecule has 1 aliphatic heterocycles. The fourth-order valence-electron chi connectivity index (χ4n) is 3.79. The highest BCUT2D eigenvalue weighted by atomic mass is 32.2. The van der Waals surface area contributed by atoms with Crippen molar-refractivity contribution in [2.24, 2.45) is 0 Å². The molecule has 1 amide bonds. The molecule has 162 valence electrons. The minimum absolute atomic E-state index is 0.0911. The third-order valence-electron chi connectivity index (χ3n) is 5.45. The largest absolute Gasteiger partial charge is 0.325 e. The van der Waals surface area contributed by atoms with E-state index in [-0.39, 0.29) is 18.1 Å². The first kappa shape index (κ1) is 21.5. The number of fused-ring (bicyclic) bond motifs is 1. The third kappa shape index (κ3) is 4.50. The van der Waals surface area contributed by atoms with Gasteiger partial charge in [0.05, 0.1) is 23.6 Å². The van der Waals surface area contributed by atoms with Crippen molar-refractivity contribution >= 4 is 38.6 Å². The lowest BCUT2D eigenvalue weighted by Gasteiger charge is -2.18. The molecule has 0 bridgehead atoms. The Hall–Kier alpha value is -2.71. The molecule has 1 aromatic heterocycles. The number of anilines is 2. The fourth-order valence-corrected chi connectivity index (χ4v) is 5.75. The minimum atomic E-state index is -3.25. The number of carbonyl (C=O) groups excluding carboxylic acids is 1. The van der Waals surface area contributed by atoms with Gasteiger partial charge in [-0.05, 0) is 56.5 Å². The van der Waals surface area contributed by atoms with E-state index in [0.29, 0.717) is 13.0 Å². The first-order valence-corrected chi connectivity index (χ1v) is 12.7. The van der Waals surface area contributed by atoms with Crippen molar-refractivity contribution in [2.75, 3.05) is 21.9 Å². The summed E-state index contributed by atoms with van der Waals surface area (Å²) in [5.41, 5.74) is 6.52. The SMILES string of the molecule is CCS(=O)(=O)N1CCc2cc(-c3csc(CC(=O)Nc4ccc(C)cc4C)n3)ccc21. The van der Waals surface area contributed by atoms with Gasteiger partial charge < -0.3 is 5.32 Å². The molecule has 4 rings (SSSR count). The number of hydrogen-bond acceptors (Lipinski definition) is 5. The lowest BCUT2D eigenvalue weighted by molar-refractivity contribution is -0.115. The van der Waals surface area contributed by atoms with Crippen LogP contribution >= 0.6 is 11.3 Å². The van der Waals surface area contributed by atoms with E-state index in [9.17, 15) is 13.2 Å². The number of thiazole rings is 1. The molecule has 0 atom stereocenters. The van der Waals surface area contributed by atoms with Crippen LogP contribution in [0.3, 0.4) is 0 Å². The maximum absolute atomic E-state index is 12.5. The summed E-state index contributed by atoms with van der Waals surface area (Å²) in [6, 6.07) is 11.7. The second-order valence-electron chi connectivity index (χ2n) is 7.74. The first-order valence-electron chi connectivity index (χ1n) is 10.2. The van der Waals surface area contributed by atoms with Crippen LogP contribution in [-0.2, 0) is 27.7 Å². The molecule has 6 nitrogen and oxygen atoms in total. The summed E-state index contributed by atoms with van der Waals surface area (Å²) in [4.78, 5) is 17.1. The van der Waals surface area contributed by atoms with E-state index in [2.05, 4.69) is 10.3 Å². The van der Waals surface area contributed by atoms with Crippen LogP contribution in [0.25, 0.3) is 11.3 Å².